The largest absolute Gasteiger partial charge is 0.462 e. The number of ether oxygens (including phenoxy) is 1. The highest BCUT2D eigenvalue weighted by Gasteiger charge is 2.09. The normalized spacial score (nSPS) is 10.0. The van der Waals surface area contributed by atoms with E-state index in [2.05, 4.69) is 10.3 Å². The first-order valence-corrected chi connectivity index (χ1v) is 6.30. The number of amides is 1. The predicted octanol–water partition coefficient (Wildman–Crippen LogP) is 2.65. The minimum absolute atomic E-state index is 0.164. The second kappa shape index (κ2) is 6.60. The Balaban J connectivity index is 2.06. The monoisotopic (exact) mass is 288 g/mol. The minimum atomic E-state index is -0.722. The van der Waals surface area contributed by atoms with Gasteiger partial charge in [0.05, 0.1) is 12.2 Å². The summed E-state index contributed by atoms with van der Waals surface area (Å²) in [5.74, 6) is -1.60. The molecule has 21 heavy (non-hydrogen) atoms. The first-order chi connectivity index (χ1) is 10.1. The Labute approximate surface area is 120 Å². The Morgan fingerprint density at radius 2 is 1.90 bits per heavy atom. The predicted molar refractivity (Wildman–Crippen MR) is 74.5 cm³/mol. The van der Waals surface area contributed by atoms with Crippen molar-refractivity contribution in [3.63, 3.8) is 0 Å². The summed E-state index contributed by atoms with van der Waals surface area (Å²) in [6.07, 6.45) is 1.22. The van der Waals surface area contributed by atoms with Gasteiger partial charge in [-0.25, -0.2) is 9.78 Å². The Kier molecular flexibility index (Phi) is 4.61. The third-order valence-corrected chi connectivity index (χ3v) is 2.64. The maximum atomic E-state index is 12.9. The van der Waals surface area contributed by atoms with Gasteiger partial charge < -0.3 is 10.1 Å². The van der Waals surface area contributed by atoms with E-state index in [9.17, 15) is 14.0 Å². The quantitative estimate of drug-likeness (QED) is 0.693. The van der Waals surface area contributed by atoms with Gasteiger partial charge >= 0.3 is 5.97 Å². The van der Waals surface area contributed by atoms with Gasteiger partial charge in [0, 0.05) is 23.5 Å². The van der Waals surface area contributed by atoms with Crippen molar-refractivity contribution in [2.24, 2.45) is 0 Å². The lowest BCUT2D eigenvalue weighted by Crippen LogP contribution is -2.12. The third kappa shape index (κ3) is 3.85. The van der Waals surface area contributed by atoms with Gasteiger partial charge in [0.2, 0.25) is 5.95 Å². The number of pyridine rings is 1. The van der Waals surface area contributed by atoms with Crippen LogP contribution in [0.5, 0.6) is 0 Å². The van der Waals surface area contributed by atoms with Crippen molar-refractivity contribution >= 4 is 17.6 Å². The average Bonchev–Trinajstić information content (AvgIpc) is 2.48. The van der Waals surface area contributed by atoms with Gasteiger partial charge in [0.15, 0.2) is 0 Å². The van der Waals surface area contributed by atoms with Crippen LogP contribution >= 0.6 is 0 Å². The van der Waals surface area contributed by atoms with Gasteiger partial charge in [-0.05, 0) is 37.3 Å². The zero-order valence-electron chi connectivity index (χ0n) is 11.3. The van der Waals surface area contributed by atoms with Crippen LogP contribution in [-0.2, 0) is 4.74 Å². The molecule has 2 aromatic rings. The SMILES string of the molecule is CCOC(=O)c1ccc(NC(=O)c2ccnc(F)c2)cc1. The highest BCUT2D eigenvalue weighted by Crippen LogP contribution is 2.12. The number of hydrogen-bond donors (Lipinski definition) is 1. The lowest BCUT2D eigenvalue weighted by Gasteiger charge is -2.06. The van der Waals surface area contributed by atoms with Crippen molar-refractivity contribution < 1.29 is 18.7 Å². The highest BCUT2D eigenvalue weighted by atomic mass is 19.1. The maximum absolute atomic E-state index is 12.9. The van der Waals surface area contributed by atoms with E-state index < -0.39 is 17.8 Å². The molecule has 1 heterocycles. The Hall–Kier alpha value is -2.76. The summed E-state index contributed by atoms with van der Waals surface area (Å²) in [4.78, 5) is 26.7. The smallest absolute Gasteiger partial charge is 0.338 e. The fourth-order valence-corrected chi connectivity index (χ4v) is 1.65. The first kappa shape index (κ1) is 14.6. The minimum Gasteiger partial charge on any atom is -0.462 e. The molecule has 5 nitrogen and oxygen atoms in total. The zero-order valence-corrected chi connectivity index (χ0v) is 11.3. The molecule has 0 spiro atoms. The van der Waals surface area contributed by atoms with E-state index in [1.807, 2.05) is 0 Å². The van der Waals surface area contributed by atoms with Gasteiger partial charge in [-0.15, -0.1) is 0 Å². The first-order valence-electron chi connectivity index (χ1n) is 6.30. The summed E-state index contributed by atoms with van der Waals surface area (Å²) < 4.78 is 17.8. The van der Waals surface area contributed by atoms with Gasteiger partial charge in [0.25, 0.3) is 5.91 Å². The second-order valence-corrected chi connectivity index (χ2v) is 4.12. The number of anilines is 1. The number of carbonyl (C=O) groups excluding carboxylic acids is 2. The molecular weight excluding hydrogens is 275 g/mol. The molecule has 1 N–H and O–H groups in total. The Bertz CT molecular complexity index is 656. The molecule has 2 rings (SSSR count). The lowest BCUT2D eigenvalue weighted by atomic mass is 10.2. The molecule has 0 atom stereocenters. The molecule has 1 aromatic heterocycles. The number of benzene rings is 1. The Morgan fingerprint density at radius 3 is 2.52 bits per heavy atom. The van der Waals surface area contributed by atoms with E-state index in [4.69, 9.17) is 4.74 Å². The second-order valence-electron chi connectivity index (χ2n) is 4.12. The van der Waals surface area contributed by atoms with E-state index in [0.29, 0.717) is 17.9 Å². The van der Waals surface area contributed by atoms with Crippen molar-refractivity contribution in [2.45, 2.75) is 6.92 Å². The molecule has 0 unspecified atom stereocenters. The van der Waals surface area contributed by atoms with E-state index in [-0.39, 0.29) is 5.56 Å². The molecule has 0 radical (unpaired) electrons. The van der Waals surface area contributed by atoms with Crippen molar-refractivity contribution in [1.82, 2.24) is 4.98 Å². The van der Waals surface area contributed by atoms with Crippen molar-refractivity contribution in [2.75, 3.05) is 11.9 Å². The molecule has 0 bridgehead atoms. The number of aromatic nitrogens is 1. The van der Waals surface area contributed by atoms with E-state index in [1.165, 1.54) is 12.3 Å². The van der Waals surface area contributed by atoms with Crippen molar-refractivity contribution in [3.8, 4) is 0 Å². The van der Waals surface area contributed by atoms with Crippen molar-refractivity contribution in [1.29, 1.82) is 0 Å². The number of nitrogens with zero attached hydrogens (tertiary/aromatic N) is 1. The van der Waals surface area contributed by atoms with Crippen LogP contribution in [0.15, 0.2) is 42.6 Å². The maximum Gasteiger partial charge on any atom is 0.338 e. The zero-order chi connectivity index (χ0) is 15.2. The van der Waals surface area contributed by atoms with Crippen LogP contribution in [0, 0.1) is 5.95 Å². The van der Waals surface area contributed by atoms with Gasteiger partial charge in [-0.2, -0.15) is 4.39 Å². The van der Waals surface area contributed by atoms with Crippen LogP contribution in [0.3, 0.4) is 0 Å². The molecule has 1 amide bonds. The molecule has 0 aliphatic heterocycles. The molecule has 0 aliphatic rings. The van der Waals surface area contributed by atoms with Crippen LogP contribution < -0.4 is 5.32 Å². The lowest BCUT2D eigenvalue weighted by molar-refractivity contribution is 0.0526. The van der Waals surface area contributed by atoms with E-state index in [1.54, 1.807) is 31.2 Å². The molecule has 108 valence electrons. The molecule has 0 aliphatic carbocycles. The van der Waals surface area contributed by atoms with Crippen LogP contribution in [0.1, 0.15) is 27.6 Å². The number of hydrogen-bond acceptors (Lipinski definition) is 4. The summed E-state index contributed by atoms with van der Waals surface area (Å²) >= 11 is 0. The number of esters is 1. The fourth-order valence-electron chi connectivity index (χ4n) is 1.65. The summed E-state index contributed by atoms with van der Waals surface area (Å²) in [6.45, 7) is 2.02. The van der Waals surface area contributed by atoms with Crippen LogP contribution in [0.4, 0.5) is 10.1 Å². The number of nitrogens with one attached hydrogen (secondary N) is 1. The number of halogens is 1. The van der Waals surface area contributed by atoms with Crippen LogP contribution in [0.25, 0.3) is 0 Å². The molecule has 0 fully saturated rings. The highest BCUT2D eigenvalue weighted by molar-refractivity contribution is 6.04. The van der Waals surface area contributed by atoms with Gasteiger partial charge in [0.1, 0.15) is 0 Å². The molecular formula is C15H13FN2O3. The van der Waals surface area contributed by atoms with Gasteiger partial charge in [-0.1, -0.05) is 0 Å². The molecule has 1 aromatic carbocycles. The van der Waals surface area contributed by atoms with E-state index in [0.717, 1.165) is 6.07 Å². The molecule has 6 heteroatoms. The van der Waals surface area contributed by atoms with Crippen molar-refractivity contribution in [3.05, 3.63) is 59.7 Å². The summed E-state index contributed by atoms with van der Waals surface area (Å²) in [5.41, 5.74) is 1.05. The topological polar surface area (TPSA) is 68.3 Å². The molecule has 0 saturated carbocycles. The Morgan fingerprint density at radius 1 is 1.19 bits per heavy atom. The standard InChI is InChI=1S/C15H13FN2O3/c1-2-21-15(20)10-3-5-12(6-4-10)18-14(19)11-7-8-17-13(16)9-11/h3-9H,2H2,1H3,(H,18,19). The van der Waals surface area contributed by atoms with Crippen LogP contribution in [-0.4, -0.2) is 23.5 Å². The summed E-state index contributed by atoms with van der Waals surface area (Å²) in [6, 6.07) is 8.68. The summed E-state index contributed by atoms with van der Waals surface area (Å²) in [5, 5.41) is 2.60. The van der Waals surface area contributed by atoms with Crippen LogP contribution in [0.2, 0.25) is 0 Å². The molecule has 0 saturated heterocycles. The third-order valence-electron chi connectivity index (χ3n) is 2.64. The fraction of sp³-hybridized carbons (Fsp3) is 0.133. The summed E-state index contributed by atoms with van der Waals surface area (Å²) in [7, 11) is 0. The number of rotatable bonds is 4. The average molecular weight is 288 g/mol. The van der Waals surface area contributed by atoms with E-state index >= 15 is 0 Å². The van der Waals surface area contributed by atoms with Gasteiger partial charge in [-0.3, -0.25) is 4.79 Å². The number of carbonyl (C=O) groups is 2.